The fourth-order valence-corrected chi connectivity index (χ4v) is 2.55. The quantitative estimate of drug-likeness (QED) is 0.864. The number of aliphatic hydroxyl groups excluding tert-OH is 1. The molecule has 2 atom stereocenters. The number of aliphatic hydroxyl groups is 1. The van der Waals surface area contributed by atoms with Crippen LogP contribution in [0.2, 0.25) is 0 Å². The van der Waals surface area contributed by atoms with Gasteiger partial charge in [0.25, 0.3) is 0 Å². The zero-order valence-electron chi connectivity index (χ0n) is 10.2. The first-order chi connectivity index (χ1) is 8.74. The van der Waals surface area contributed by atoms with Crippen molar-refractivity contribution in [1.82, 2.24) is 0 Å². The number of hydrogen-bond donors (Lipinski definition) is 2. The smallest absolute Gasteiger partial charge is 0.124 e. The molecule has 0 aromatic heterocycles. The van der Waals surface area contributed by atoms with Crippen LogP contribution in [0, 0.1) is 23.1 Å². The van der Waals surface area contributed by atoms with Gasteiger partial charge in [0.1, 0.15) is 11.9 Å². The highest BCUT2D eigenvalue weighted by Gasteiger charge is 2.24. The van der Waals surface area contributed by atoms with Crippen LogP contribution in [0.25, 0.3) is 0 Å². The summed E-state index contributed by atoms with van der Waals surface area (Å²) in [6, 6.07) is 6.34. The molecule has 0 heterocycles. The van der Waals surface area contributed by atoms with Crippen LogP contribution in [0.5, 0.6) is 0 Å². The SMILES string of the molecule is N#Cc1cc(F)ccc1NC1CCCCC1CO. The fraction of sp³-hybridized carbons (Fsp3) is 0.500. The van der Waals surface area contributed by atoms with Crippen molar-refractivity contribution >= 4 is 5.69 Å². The third-order valence-corrected chi connectivity index (χ3v) is 3.59. The molecule has 3 nitrogen and oxygen atoms in total. The van der Waals surface area contributed by atoms with E-state index in [1.807, 2.05) is 6.07 Å². The first-order valence-corrected chi connectivity index (χ1v) is 6.31. The highest BCUT2D eigenvalue weighted by atomic mass is 19.1. The molecule has 0 aliphatic heterocycles. The summed E-state index contributed by atoms with van der Waals surface area (Å²) >= 11 is 0. The summed E-state index contributed by atoms with van der Waals surface area (Å²) in [5.41, 5.74) is 0.974. The van der Waals surface area contributed by atoms with Gasteiger partial charge in [0, 0.05) is 18.6 Å². The third-order valence-electron chi connectivity index (χ3n) is 3.59. The molecule has 1 saturated carbocycles. The van der Waals surface area contributed by atoms with Gasteiger partial charge in [-0.05, 0) is 31.0 Å². The molecule has 4 heteroatoms. The van der Waals surface area contributed by atoms with Crippen molar-refractivity contribution < 1.29 is 9.50 Å². The molecule has 18 heavy (non-hydrogen) atoms. The molecule has 0 spiro atoms. The van der Waals surface area contributed by atoms with Crippen LogP contribution in [-0.2, 0) is 0 Å². The molecule has 96 valence electrons. The van der Waals surface area contributed by atoms with E-state index >= 15 is 0 Å². The molecule has 0 saturated heterocycles. The average Bonchev–Trinajstić information content (AvgIpc) is 2.41. The summed E-state index contributed by atoms with van der Waals surface area (Å²) in [4.78, 5) is 0. The van der Waals surface area contributed by atoms with E-state index < -0.39 is 5.82 Å². The number of nitriles is 1. The molecule has 2 N–H and O–H groups in total. The lowest BCUT2D eigenvalue weighted by molar-refractivity contribution is 0.178. The molecule has 0 bridgehead atoms. The highest BCUT2D eigenvalue weighted by molar-refractivity contribution is 5.58. The van der Waals surface area contributed by atoms with Gasteiger partial charge >= 0.3 is 0 Å². The summed E-state index contributed by atoms with van der Waals surface area (Å²) < 4.78 is 13.0. The minimum absolute atomic E-state index is 0.154. The van der Waals surface area contributed by atoms with Gasteiger partial charge in [-0.3, -0.25) is 0 Å². The van der Waals surface area contributed by atoms with Crippen molar-refractivity contribution in [3.8, 4) is 6.07 Å². The second kappa shape index (κ2) is 5.83. The number of hydrogen-bond acceptors (Lipinski definition) is 3. The number of benzene rings is 1. The fourth-order valence-electron chi connectivity index (χ4n) is 2.55. The van der Waals surface area contributed by atoms with Gasteiger partial charge < -0.3 is 10.4 Å². The topological polar surface area (TPSA) is 56.0 Å². The van der Waals surface area contributed by atoms with Gasteiger partial charge in [-0.1, -0.05) is 12.8 Å². The Morgan fingerprint density at radius 1 is 1.39 bits per heavy atom. The van der Waals surface area contributed by atoms with Gasteiger partial charge in [-0.15, -0.1) is 0 Å². The third kappa shape index (κ3) is 2.80. The lowest BCUT2D eigenvalue weighted by Gasteiger charge is -2.31. The van der Waals surface area contributed by atoms with Crippen LogP contribution in [-0.4, -0.2) is 17.8 Å². The Hall–Kier alpha value is -1.60. The largest absolute Gasteiger partial charge is 0.396 e. The van der Waals surface area contributed by atoms with E-state index in [9.17, 15) is 9.50 Å². The van der Waals surface area contributed by atoms with E-state index in [0.29, 0.717) is 11.3 Å². The molecule has 1 aliphatic carbocycles. The summed E-state index contributed by atoms with van der Waals surface area (Å²) in [6.45, 7) is 0.154. The first kappa shape index (κ1) is 12.8. The Morgan fingerprint density at radius 3 is 2.89 bits per heavy atom. The maximum Gasteiger partial charge on any atom is 0.124 e. The van der Waals surface area contributed by atoms with E-state index in [4.69, 9.17) is 5.26 Å². The lowest BCUT2D eigenvalue weighted by Crippen LogP contribution is -2.34. The second-order valence-electron chi connectivity index (χ2n) is 4.78. The van der Waals surface area contributed by atoms with Gasteiger partial charge in [0.15, 0.2) is 0 Å². The number of anilines is 1. The van der Waals surface area contributed by atoms with E-state index in [1.54, 1.807) is 6.07 Å². The molecular weight excluding hydrogens is 231 g/mol. The Morgan fingerprint density at radius 2 is 2.17 bits per heavy atom. The summed E-state index contributed by atoms with van der Waals surface area (Å²) in [6.07, 6.45) is 4.24. The molecule has 1 aliphatic rings. The number of halogens is 1. The molecule has 2 unspecified atom stereocenters. The van der Waals surface area contributed by atoms with Gasteiger partial charge in [0.2, 0.25) is 0 Å². The van der Waals surface area contributed by atoms with Crippen molar-refractivity contribution in [2.75, 3.05) is 11.9 Å². The Balaban J connectivity index is 2.15. The Bertz CT molecular complexity index is 456. The van der Waals surface area contributed by atoms with Crippen LogP contribution in [0.1, 0.15) is 31.2 Å². The van der Waals surface area contributed by atoms with Crippen molar-refractivity contribution in [1.29, 1.82) is 5.26 Å². The zero-order chi connectivity index (χ0) is 13.0. The molecule has 2 rings (SSSR count). The monoisotopic (exact) mass is 248 g/mol. The van der Waals surface area contributed by atoms with Crippen molar-refractivity contribution in [3.05, 3.63) is 29.6 Å². The molecule has 0 radical (unpaired) electrons. The normalized spacial score (nSPS) is 23.4. The minimum Gasteiger partial charge on any atom is -0.396 e. The molecular formula is C14H17FN2O. The van der Waals surface area contributed by atoms with Gasteiger partial charge in [-0.2, -0.15) is 5.26 Å². The van der Waals surface area contributed by atoms with Gasteiger partial charge in [0.05, 0.1) is 11.3 Å². The highest BCUT2D eigenvalue weighted by Crippen LogP contribution is 2.28. The standard InChI is InChI=1S/C14H17FN2O/c15-12-5-6-14(11(7-12)8-16)17-13-4-2-1-3-10(13)9-18/h5-7,10,13,17-18H,1-4,9H2. The second-order valence-corrected chi connectivity index (χ2v) is 4.78. The summed E-state index contributed by atoms with van der Waals surface area (Å²) in [7, 11) is 0. The maximum atomic E-state index is 13.0. The summed E-state index contributed by atoms with van der Waals surface area (Å²) in [5.74, 6) is -0.185. The van der Waals surface area contributed by atoms with E-state index in [-0.39, 0.29) is 18.6 Å². The van der Waals surface area contributed by atoms with Crippen LogP contribution in [0.15, 0.2) is 18.2 Å². The molecule has 1 aromatic carbocycles. The van der Waals surface area contributed by atoms with Crippen molar-refractivity contribution in [3.63, 3.8) is 0 Å². The zero-order valence-corrected chi connectivity index (χ0v) is 10.2. The Kier molecular flexibility index (Phi) is 4.16. The van der Waals surface area contributed by atoms with Gasteiger partial charge in [-0.25, -0.2) is 4.39 Å². The lowest BCUT2D eigenvalue weighted by atomic mass is 9.85. The predicted molar refractivity (Wildman–Crippen MR) is 67.6 cm³/mol. The summed E-state index contributed by atoms with van der Waals surface area (Å²) in [5, 5.41) is 21.6. The molecule has 1 fully saturated rings. The number of nitrogens with one attached hydrogen (secondary N) is 1. The van der Waals surface area contributed by atoms with E-state index in [2.05, 4.69) is 5.32 Å². The minimum atomic E-state index is -0.403. The van der Waals surface area contributed by atoms with Crippen molar-refractivity contribution in [2.45, 2.75) is 31.7 Å². The Labute approximate surface area is 106 Å². The molecule has 0 amide bonds. The van der Waals surface area contributed by atoms with Crippen LogP contribution in [0.3, 0.4) is 0 Å². The van der Waals surface area contributed by atoms with Crippen LogP contribution in [0.4, 0.5) is 10.1 Å². The van der Waals surface area contributed by atoms with E-state index in [1.165, 1.54) is 12.1 Å². The number of nitrogens with zero attached hydrogens (tertiary/aromatic N) is 1. The maximum absolute atomic E-state index is 13.0. The predicted octanol–water partition coefficient (Wildman–Crippen LogP) is 2.66. The van der Waals surface area contributed by atoms with E-state index in [0.717, 1.165) is 25.7 Å². The average molecular weight is 248 g/mol. The molecule has 1 aromatic rings. The number of rotatable bonds is 3. The van der Waals surface area contributed by atoms with Crippen LogP contribution >= 0.6 is 0 Å². The van der Waals surface area contributed by atoms with Crippen LogP contribution < -0.4 is 5.32 Å². The first-order valence-electron chi connectivity index (χ1n) is 6.31. The van der Waals surface area contributed by atoms with Crippen molar-refractivity contribution in [2.24, 2.45) is 5.92 Å².